The van der Waals surface area contributed by atoms with Gasteiger partial charge in [-0.3, -0.25) is 0 Å². The van der Waals surface area contributed by atoms with Crippen molar-refractivity contribution < 1.29 is 4.74 Å². The first-order valence-corrected chi connectivity index (χ1v) is 1.67. The fourth-order valence-corrected chi connectivity index (χ4v) is 0.235. The van der Waals surface area contributed by atoms with Crippen LogP contribution >= 0.6 is 12.2 Å². The van der Waals surface area contributed by atoms with Crippen LogP contribution in [0.4, 0.5) is 0 Å². The number of rotatable bonds is 0. The van der Waals surface area contributed by atoms with E-state index >= 15 is 0 Å². The largest absolute Gasteiger partial charge is 0.453 e. The monoisotopic (exact) mass is 86.0 g/mol. The molecule has 1 rings (SSSR count). The number of ether oxygens (including phenoxy) is 1. The Bertz CT molecular complexity index is 84.9. The first-order valence-electron chi connectivity index (χ1n) is 1.27. The Morgan fingerprint density at radius 2 is 2.20 bits per heavy atom. The average molecular weight is 86.1 g/mol. The van der Waals surface area contributed by atoms with Crippen molar-refractivity contribution in [1.29, 1.82) is 0 Å². The molecule has 0 aromatic carbocycles. The van der Waals surface area contributed by atoms with E-state index in [-0.39, 0.29) is 0 Å². The molecule has 0 spiro atoms. The molecule has 0 aromatic rings. The third kappa shape index (κ3) is 0.304. The quantitative estimate of drug-likeness (QED) is 0.404. The van der Waals surface area contributed by atoms with E-state index in [1.165, 1.54) is 0 Å². The zero-order valence-electron chi connectivity index (χ0n) is 2.47. The summed E-state index contributed by atoms with van der Waals surface area (Å²) in [6.07, 6.45) is 3.29. The minimum absolute atomic E-state index is 0.588. The molecule has 0 fully saturated rings. The Hall–Kier alpha value is -0.370. The third-order valence-electron chi connectivity index (χ3n) is 0.388. The van der Waals surface area contributed by atoms with Gasteiger partial charge in [0, 0.05) is 6.08 Å². The predicted molar refractivity (Wildman–Crippen MR) is 22.8 cm³/mol. The maximum Gasteiger partial charge on any atom is 0.192 e. The summed E-state index contributed by atoms with van der Waals surface area (Å²) in [6.45, 7) is 0. The highest BCUT2D eigenvalue weighted by atomic mass is 32.1. The van der Waals surface area contributed by atoms with Crippen molar-refractivity contribution in [2.75, 3.05) is 0 Å². The second kappa shape index (κ2) is 0.792. The molecule has 0 unspecified atom stereocenters. The molecule has 0 N–H and O–H groups in total. The zero-order valence-corrected chi connectivity index (χ0v) is 3.29. The highest BCUT2D eigenvalue weighted by molar-refractivity contribution is 7.80. The van der Waals surface area contributed by atoms with Crippen molar-refractivity contribution in [3.63, 3.8) is 0 Å². The molecule has 1 aliphatic heterocycles. The second-order valence-corrected chi connectivity index (χ2v) is 1.14. The molecule has 2 heteroatoms. The summed E-state index contributed by atoms with van der Waals surface area (Å²) in [4.78, 5) is 0. The highest BCUT2D eigenvalue weighted by Gasteiger charge is 1.93. The van der Waals surface area contributed by atoms with Crippen LogP contribution in [0.3, 0.4) is 0 Å². The topological polar surface area (TPSA) is 9.23 Å². The molecule has 0 saturated heterocycles. The van der Waals surface area contributed by atoms with Gasteiger partial charge in [-0.15, -0.1) is 0 Å². The highest BCUT2D eigenvalue weighted by Crippen LogP contribution is 1.95. The summed E-state index contributed by atoms with van der Waals surface area (Å²) in [5, 5.41) is 0.588. The molecular weight excluding hydrogens is 84.1 g/mol. The van der Waals surface area contributed by atoms with Crippen LogP contribution in [-0.2, 0) is 4.74 Å². The van der Waals surface area contributed by atoms with Crippen LogP contribution < -0.4 is 0 Å². The smallest absolute Gasteiger partial charge is 0.192 e. The van der Waals surface area contributed by atoms with Crippen LogP contribution in [0, 0.1) is 0 Å². The van der Waals surface area contributed by atoms with Crippen LogP contribution in [-0.4, -0.2) is 5.05 Å². The van der Waals surface area contributed by atoms with E-state index in [2.05, 4.69) is 17.0 Å². The SMILES string of the molecule is S=C1C=CO1. The second-order valence-electron chi connectivity index (χ2n) is 0.740. The van der Waals surface area contributed by atoms with Gasteiger partial charge in [0.25, 0.3) is 0 Å². The van der Waals surface area contributed by atoms with Crippen molar-refractivity contribution in [1.82, 2.24) is 0 Å². The van der Waals surface area contributed by atoms with Gasteiger partial charge in [0.1, 0.15) is 0 Å². The lowest BCUT2D eigenvalue weighted by Crippen LogP contribution is -1.98. The van der Waals surface area contributed by atoms with Crippen molar-refractivity contribution >= 4 is 17.3 Å². The molecule has 0 saturated carbocycles. The van der Waals surface area contributed by atoms with Gasteiger partial charge in [0.15, 0.2) is 5.05 Å². The standard InChI is InChI=1S/C3H2OS/c5-3-1-2-4-3/h1-2H. The van der Waals surface area contributed by atoms with Crippen molar-refractivity contribution in [2.24, 2.45) is 0 Å². The van der Waals surface area contributed by atoms with Crippen molar-refractivity contribution in [3.05, 3.63) is 12.3 Å². The van der Waals surface area contributed by atoms with Crippen LogP contribution in [0.2, 0.25) is 0 Å². The molecule has 5 heavy (non-hydrogen) atoms. The Morgan fingerprint density at radius 1 is 1.80 bits per heavy atom. The van der Waals surface area contributed by atoms with Crippen LogP contribution in [0.5, 0.6) is 0 Å². The van der Waals surface area contributed by atoms with E-state index in [1.807, 2.05) is 0 Å². The molecular formula is C3H2OS. The maximum absolute atomic E-state index is 4.48. The normalized spacial score (nSPS) is 17.2. The average Bonchev–Trinajstić information content (AvgIpc) is 1.30. The van der Waals surface area contributed by atoms with Gasteiger partial charge in [-0.1, -0.05) is 0 Å². The number of hydrogen-bond donors (Lipinski definition) is 0. The lowest BCUT2D eigenvalue weighted by molar-refractivity contribution is 0.458. The summed E-state index contributed by atoms with van der Waals surface area (Å²) >= 11 is 4.47. The van der Waals surface area contributed by atoms with Crippen molar-refractivity contribution in [3.8, 4) is 0 Å². The molecule has 1 aliphatic rings. The van der Waals surface area contributed by atoms with Crippen LogP contribution in [0.25, 0.3) is 0 Å². The maximum atomic E-state index is 4.48. The minimum atomic E-state index is 0.588. The van der Waals surface area contributed by atoms with E-state index in [4.69, 9.17) is 0 Å². The van der Waals surface area contributed by atoms with E-state index in [0.29, 0.717) is 5.05 Å². The van der Waals surface area contributed by atoms with Gasteiger partial charge in [0.05, 0.1) is 6.26 Å². The van der Waals surface area contributed by atoms with E-state index in [0.717, 1.165) is 0 Å². The van der Waals surface area contributed by atoms with Gasteiger partial charge >= 0.3 is 0 Å². The van der Waals surface area contributed by atoms with Gasteiger partial charge in [0.2, 0.25) is 0 Å². The fourth-order valence-electron chi connectivity index (χ4n) is 0.124. The Balaban J connectivity index is 2.71. The Kier molecular flexibility index (Phi) is 0.451. The summed E-state index contributed by atoms with van der Waals surface area (Å²) in [5.41, 5.74) is 0. The molecule has 0 amide bonds. The van der Waals surface area contributed by atoms with Gasteiger partial charge < -0.3 is 4.74 Å². The fraction of sp³-hybridized carbons (Fsp3) is 0. The first-order chi connectivity index (χ1) is 2.39. The number of thiocarbonyl (C=S) groups is 1. The van der Waals surface area contributed by atoms with Gasteiger partial charge in [-0.2, -0.15) is 0 Å². The van der Waals surface area contributed by atoms with Crippen LogP contribution in [0.15, 0.2) is 12.3 Å². The van der Waals surface area contributed by atoms with E-state index in [9.17, 15) is 0 Å². The Morgan fingerprint density at radius 3 is 2.20 bits per heavy atom. The molecule has 26 valence electrons. The number of hydrogen-bond acceptors (Lipinski definition) is 2. The predicted octanol–water partition coefficient (Wildman–Crippen LogP) is 0.858. The minimum Gasteiger partial charge on any atom is -0.453 e. The van der Waals surface area contributed by atoms with E-state index < -0.39 is 0 Å². The van der Waals surface area contributed by atoms with E-state index in [1.54, 1.807) is 12.3 Å². The lowest BCUT2D eigenvalue weighted by atomic mass is 10.6. The Labute approximate surface area is 35.2 Å². The van der Waals surface area contributed by atoms with Crippen molar-refractivity contribution in [2.45, 2.75) is 0 Å². The zero-order chi connectivity index (χ0) is 3.70. The molecule has 1 heterocycles. The summed E-state index contributed by atoms with van der Waals surface area (Å²) in [7, 11) is 0. The van der Waals surface area contributed by atoms with Crippen LogP contribution in [0.1, 0.15) is 0 Å². The van der Waals surface area contributed by atoms with Gasteiger partial charge in [-0.25, -0.2) is 0 Å². The first kappa shape index (κ1) is 2.85. The molecule has 0 atom stereocenters. The third-order valence-corrected chi connectivity index (χ3v) is 0.621. The molecule has 0 aliphatic carbocycles. The molecule has 0 aromatic heterocycles. The summed E-state index contributed by atoms with van der Waals surface area (Å²) in [6, 6.07) is 0. The molecule has 0 radical (unpaired) electrons. The lowest BCUT2D eigenvalue weighted by Gasteiger charge is -2.01. The molecule has 1 nitrogen and oxygen atoms in total. The summed E-state index contributed by atoms with van der Waals surface area (Å²) < 4.78 is 4.48. The molecule has 0 bridgehead atoms. The van der Waals surface area contributed by atoms with Gasteiger partial charge in [-0.05, 0) is 12.2 Å². The summed E-state index contributed by atoms with van der Waals surface area (Å²) in [5.74, 6) is 0.